The van der Waals surface area contributed by atoms with Gasteiger partial charge in [0.2, 0.25) is 0 Å². The van der Waals surface area contributed by atoms with Gasteiger partial charge in [-0.15, -0.1) is 0 Å². The summed E-state index contributed by atoms with van der Waals surface area (Å²) in [5.74, 6) is -2.03. The SMILES string of the molecule is Cc1cc(C)n(CCN(C(=O)c2ccc(S(=O)(=O)N(C)c3ccccc3)cc2)c2nc3c(F)cc(F)cc3s2)n1. The Labute approximate surface area is 234 Å². The maximum absolute atomic E-state index is 14.4. The minimum atomic E-state index is -3.87. The number of amides is 1. The number of aryl methyl sites for hydroxylation is 2. The Kier molecular flexibility index (Phi) is 7.39. The number of hydrogen-bond acceptors (Lipinski definition) is 6. The van der Waals surface area contributed by atoms with Crippen molar-refractivity contribution in [2.24, 2.45) is 0 Å². The Morgan fingerprint density at radius 2 is 1.70 bits per heavy atom. The van der Waals surface area contributed by atoms with Gasteiger partial charge in [-0.1, -0.05) is 29.5 Å². The summed E-state index contributed by atoms with van der Waals surface area (Å²) in [4.78, 5) is 19.4. The van der Waals surface area contributed by atoms with Gasteiger partial charge in [0.1, 0.15) is 11.3 Å². The van der Waals surface area contributed by atoms with Crippen LogP contribution in [0.15, 0.2) is 77.7 Å². The van der Waals surface area contributed by atoms with E-state index in [0.29, 0.717) is 12.2 Å². The molecule has 0 radical (unpaired) electrons. The zero-order valence-corrected chi connectivity index (χ0v) is 23.5. The fraction of sp³-hybridized carbons (Fsp3) is 0.179. The number of halogens is 2. The average Bonchev–Trinajstić information content (AvgIpc) is 3.50. The van der Waals surface area contributed by atoms with Crippen molar-refractivity contribution in [2.45, 2.75) is 25.3 Å². The Balaban J connectivity index is 1.47. The second kappa shape index (κ2) is 10.8. The van der Waals surface area contributed by atoms with Crippen LogP contribution in [0, 0.1) is 25.5 Å². The van der Waals surface area contributed by atoms with E-state index in [4.69, 9.17) is 0 Å². The van der Waals surface area contributed by atoms with Crippen molar-refractivity contribution in [3.8, 4) is 0 Å². The van der Waals surface area contributed by atoms with Crippen LogP contribution in [0.25, 0.3) is 10.2 Å². The molecule has 0 N–H and O–H groups in total. The number of fused-ring (bicyclic) bond motifs is 1. The van der Waals surface area contributed by atoms with E-state index in [-0.39, 0.29) is 32.4 Å². The highest BCUT2D eigenvalue weighted by Gasteiger charge is 2.25. The topological polar surface area (TPSA) is 88.4 Å². The Bertz CT molecular complexity index is 1800. The summed E-state index contributed by atoms with van der Waals surface area (Å²) in [5, 5.41) is 4.62. The monoisotopic (exact) mass is 581 g/mol. The summed E-state index contributed by atoms with van der Waals surface area (Å²) in [6.45, 7) is 4.23. The molecular weight excluding hydrogens is 556 g/mol. The van der Waals surface area contributed by atoms with Gasteiger partial charge < -0.3 is 0 Å². The number of hydrogen-bond donors (Lipinski definition) is 0. The van der Waals surface area contributed by atoms with Crippen molar-refractivity contribution in [1.29, 1.82) is 0 Å². The third-order valence-corrected chi connectivity index (χ3v) is 9.22. The number of sulfonamides is 1. The fourth-order valence-corrected chi connectivity index (χ4v) is 6.53. The predicted octanol–water partition coefficient (Wildman–Crippen LogP) is 5.56. The van der Waals surface area contributed by atoms with Crippen LogP contribution in [0.3, 0.4) is 0 Å². The number of carbonyl (C=O) groups is 1. The van der Waals surface area contributed by atoms with Crippen LogP contribution < -0.4 is 9.21 Å². The summed E-state index contributed by atoms with van der Waals surface area (Å²) in [6.07, 6.45) is 0. The fourth-order valence-electron chi connectivity index (χ4n) is 4.30. The molecule has 0 aliphatic rings. The number of para-hydroxylation sites is 1. The van der Waals surface area contributed by atoms with Gasteiger partial charge in [0.05, 0.1) is 27.5 Å². The molecular formula is C28H25F2N5O3S2. The molecule has 5 aromatic rings. The molecule has 2 heterocycles. The first kappa shape index (κ1) is 27.4. The largest absolute Gasteiger partial charge is 0.282 e. The predicted molar refractivity (Wildman–Crippen MR) is 151 cm³/mol. The number of carbonyl (C=O) groups excluding carboxylic acids is 1. The van der Waals surface area contributed by atoms with Gasteiger partial charge >= 0.3 is 0 Å². The lowest BCUT2D eigenvalue weighted by Crippen LogP contribution is -2.34. The molecule has 0 fully saturated rings. The molecule has 0 aliphatic heterocycles. The first-order chi connectivity index (χ1) is 19.0. The van der Waals surface area contributed by atoms with Crippen LogP contribution in [0.4, 0.5) is 19.6 Å². The van der Waals surface area contributed by atoms with E-state index < -0.39 is 27.6 Å². The Hall–Kier alpha value is -4.16. The number of anilines is 2. The summed E-state index contributed by atoms with van der Waals surface area (Å²) >= 11 is 0.992. The second-order valence-corrected chi connectivity index (χ2v) is 12.1. The van der Waals surface area contributed by atoms with Crippen molar-refractivity contribution in [2.75, 3.05) is 22.8 Å². The maximum Gasteiger partial charge on any atom is 0.264 e. The summed E-state index contributed by atoms with van der Waals surface area (Å²) in [6, 6.07) is 18.1. The van der Waals surface area contributed by atoms with Gasteiger partial charge in [-0.3, -0.25) is 18.7 Å². The van der Waals surface area contributed by atoms with Crippen molar-refractivity contribution in [3.05, 3.63) is 101 Å². The van der Waals surface area contributed by atoms with Crippen molar-refractivity contribution < 1.29 is 22.0 Å². The number of benzene rings is 3. The number of aromatic nitrogens is 3. The molecule has 5 rings (SSSR count). The lowest BCUT2D eigenvalue weighted by atomic mass is 10.2. The third kappa shape index (κ3) is 5.32. The molecule has 2 aromatic heterocycles. The molecule has 8 nitrogen and oxygen atoms in total. The van der Waals surface area contributed by atoms with Crippen molar-refractivity contribution in [1.82, 2.24) is 14.8 Å². The lowest BCUT2D eigenvalue weighted by molar-refractivity contribution is 0.0985. The molecule has 12 heteroatoms. The van der Waals surface area contributed by atoms with Crippen molar-refractivity contribution >= 4 is 48.3 Å². The van der Waals surface area contributed by atoms with Gasteiger partial charge in [-0.05, 0) is 62.4 Å². The quantitative estimate of drug-likeness (QED) is 0.239. The van der Waals surface area contributed by atoms with Gasteiger partial charge in [-0.2, -0.15) is 5.10 Å². The van der Waals surface area contributed by atoms with E-state index in [1.54, 1.807) is 35.0 Å². The normalized spacial score (nSPS) is 11.6. The average molecular weight is 582 g/mol. The Morgan fingerprint density at radius 3 is 2.35 bits per heavy atom. The summed E-state index contributed by atoms with van der Waals surface area (Å²) < 4.78 is 57.8. The smallest absolute Gasteiger partial charge is 0.264 e. The van der Waals surface area contributed by atoms with Crippen molar-refractivity contribution in [3.63, 3.8) is 0 Å². The molecule has 3 aromatic carbocycles. The molecule has 0 saturated heterocycles. The van der Waals surface area contributed by atoms with E-state index in [9.17, 15) is 22.0 Å². The van der Waals surface area contributed by atoms with Crippen LogP contribution in [0.2, 0.25) is 0 Å². The number of rotatable bonds is 8. The highest BCUT2D eigenvalue weighted by molar-refractivity contribution is 7.92. The molecule has 0 saturated carbocycles. The Morgan fingerprint density at radius 1 is 1.00 bits per heavy atom. The van der Waals surface area contributed by atoms with Crippen LogP contribution in [0.1, 0.15) is 21.7 Å². The van der Waals surface area contributed by atoms with Gasteiger partial charge in [0, 0.05) is 30.9 Å². The minimum Gasteiger partial charge on any atom is -0.282 e. The molecule has 206 valence electrons. The van der Waals surface area contributed by atoms with Gasteiger partial charge in [-0.25, -0.2) is 22.2 Å². The maximum atomic E-state index is 14.4. The van der Waals surface area contributed by atoms with Crippen LogP contribution >= 0.6 is 11.3 Å². The first-order valence-electron chi connectivity index (χ1n) is 12.3. The van der Waals surface area contributed by atoms with E-state index in [1.807, 2.05) is 19.9 Å². The van der Waals surface area contributed by atoms with E-state index in [1.165, 1.54) is 46.6 Å². The molecule has 0 bridgehead atoms. The first-order valence-corrected chi connectivity index (χ1v) is 14.5. The van der Waals surface area contributed by atoms with E-state index >= 15 is 0 Å². The van der Waals surface area contributed by atoms with Crippen LogP contribution in [-0.2, 0) is 16.6 Å². The molecule has 1 amide bonds. The summed E-state index contributed by atoms with van der Waals surface area (Å²) in [7, 11) is -2.41. The zero-order chi connectivity index (χ0) is 28.6. The highest BCUT2D eigenvalue weighted by Crippen LogP contribution is 2.32. The molecule has 0 unspecified atom stereocenters. The van der Waals surface area contributed by atoms with Crippen LogP contribution in [0.5, 0.6) is 0 Å². The van der Waals surface area contributed by atoms with E-state index in [2.05, 4.69) is 10.1 Å². The van der Waals surface area contributed by atoms with Gasteiger partial charge in [0.25, 0.3) is 15.9 Å². The molecule has 0 atom stereocenters. The zero-order valence-electron chi connectivity index (χ0n) is 21.9. The van der Waals surface area contributed by atoms with Gasteiger partial charge in [0.15, 0.2) is 10.9 Å². The van der Waals surface area contributed by atoms with Crippen LogP contribution in [-0.4, -0.2) is 42.7 Å². The number of nitrogens with zero attached hydrogens (tertiary/aromatic N) is 5. The molecule has 0 aliphatic carbocycles. The number of thiazole rings is 1. The summed E-state index contributed by atoms with van der Waals surface area (Å²) in [5.41, 5.74) is 2.40. The molecule has 0 spiro atoms. The van der Waals surface area contributed by atoms with E-state index in [0.717, 1.165) is 28.8 Å². The third-order valence-electron chi connectivity index (χ3n) is 6.40. The lowest BCUT2D eigenvalue weighted by Gasteiger charge is -2.21. The molecule has 40 heavy (non-hydrogen) atoms. The second-order valence-electron chi connectivity index (χ2n) is 9.17. The highest BCUT2D eigenvalue weighted by atomic mass is 32.2. The standard InChI is InChI=1S/C28H25F2N5O3S2/c1-18-15-19(2)35(32-18)14-13-34(28-31-26-24(30)16-21(29)17-25(26)39-28)27(36)20-9-11-23(12-10-20)40(37,38)33(3)22-7-5-4-6-8-22/h4-12,15-17H,13-14H2,1-3H3. The minimum absolute atomic E-state index is 0.0159.